The van der Waals surface area contributed by atoms with Crippen LogP contribution >= 0.6 is 11.3 Å². The second-order valence-electron chi connectivity index (χ2n) is 7.44. The number of methoxy groups -OCH3 is 1. The SMILES string of the molecule is COc1ccc(S(=O)(=O)NC(C)C)cc1NS(=O)(=O)c1nnc(NC(=O)c2ccc(C)cc2)s1. The van der Waals surface area contributed by atoms with Gasteiger partial charge in [-0.15, -0.1) is 10.2 Å². The molecule has 0 radical (unpaired) electrons. The predicted octanol–water partition coefficient (Wildman–Crippen LogP) is 2.59. The molecule has 0 saturated heterocycles. The van der Waals surface area contributed by atoms with Crippen LogP contribution in [0, 0.1) is 6.92 Å². The first-order valence-electron chi connectivity index (χ1n) is 9.86. The molecule has 0 saturated carbocycles. The Morgan fingerprint density at radius 1 is 1.00 bits per heavy atom. The zero-order valence-corrected chi connectivity index (χ0v) is 21.1. The maximum absolute atomic E-state index is 12.9. The van der Waals surface area contributed by atoms with Crippen molar-refractivity contribution < 1.29 is 26.4 Å². The first-order chi connectivity index (χ1) is 15.9. The molecule has 1 amide bonds. The summed E-state index contributed by atoms with van der Waals surface area (Å²) in [6.45, 7) is 5.21. The second-order valence-corrected chi connectivity index (χ2v) is 12.0. The molecule has 0 aliphatic heterocycles. The van der Waals surface area contributed by atoms with Gasteiger partial charge >= 0.3 is 0 Å². The van der Waals surface area contributed by atoms with Crippen LogP contribution in [0.5, 0.6) is 5.75 Å². The standard InChI is InChI=1S/C20H23N5O6S3/c1-12(2)24-33(27,28)15-9-10-17(31-4)16(11-15)25-34(29,30)20-23-22-19(32-20)21-18(26)14-7-5-13(3)6-8-14/h5-12,24-25H,1-4H3,(H,21,22,26). The van der Waals surface area contributed by atoms with Crippen molar-refractivity contribution in [2.45, 2.75) is 36.0 Å². The van der Waals surface area contributed by atoms with E-state index in [0.717, 1.165) is 11.6 Å². The number of aryl methyl sites for hydroxylation is 1. The molecule has 1 aromatic heterocycles. The van der Waals surface area contributed by atoms with Gasteiger partial charge < -0.3 is 4.74 Å². The van der Waals surface area contributed by atoms with E-state index in [1.807, 2.05) is 6.92 Å². The molecule has 182 valence electrons. The Balaban J connectivity index is 1.83. The minimum absolute atomic E-state index is 0.0182. The zero-order valence-electron chi connectivity index (χ0n) is 18.7. The molecule has 11 nitrogen and oxygen atoms in total. The van der Waals surface area contributed by atoms with E-state index < -0.39 is 30.3 Å². The first kappa shape index (κ1) is 25.6. The van der Waals surface area contributed by atoms with Crippen molar-refractivity contribution in [3.8, 4) is 5.75 Å². The number of amides is 1. The van der Waals surface area contributed by atoms with E-state index in [0.29, 0.717) is 16.9 Å². The maximum Gasteiger partial charge on any atom is 0.291 e. The highest BCUT2D eigenvalue weighted by Crippen LogP contribution is 2.31. The van der Waals surface area contributed by atoms with Crippen LogP contribution in [0.25, 0.3) is 0 Å². The topological polar surface area (TPSA) is 156 Å². The number of ether oxygens (including phenoxy) is 1. The molecule has 3 rings (SSSR count). The number of hydrogen-bond acceptors (Lipinski definition) is 9. The summed E-state index contributed by atoms with van der Waals surface area (Å²) in [5, 5.41) is 9.85. The van der Waals surface area contributed by atoms with Crippen molar-refractivity contribution in [2.75, 3.05) is 17.1 Å². The van der Waals surface area contributed by atoms with Crippen LogP contribution in [0.4, 0.5) is 10.8 Å². The minimum Gasteiger partial charge on any atom is -0.495 e. The number of carbonyl (C=O) groups is 1. The fourth-order valence-electron chi connectivity index (χ4n) is 2.74. The highest BCUT2D eigenvalue weighted by atomic mass is 32.2. The summed E-state index contributed by atoms with van der Waals surface area (Å²) in [5.74, 6) is -0.366. The summed E-state index contributed by atoms with van der Waals surface area (Å²) in [7, 11) is -6.83. The van der Waals surface area contributed by atoms with Crippen molar-refractivity contribution in [1.82, 2.24) is 14.9 Å². The van der Waals surface area contributed by atoms with E-state index in [2.05, 4.69) is 25.0 Å². The largest absolute Gasteiger partial charge is 0.495 e. The molecule has 34 heavy (non-hydrogen) atoms. The maximum atomic E-state index is 12.9. The Morgan fingerprint density at radius 3 is 2.29 bits per heavy atom. The average Bonchev–Trinajstić information content (AvgIpc) is 3.22. The third-order valence-electron chi connectivity index (χ3n) is 4.29. The molecule has 0 aliphatic rings. The van der Waals surface area contributed by atoms with E-state index in [-0.39, 0.29) is 27.5 Å². The molecule has 0 spiro atoms. The van der Waals surface area contributed by atoms with Crippen molar-refractivity contribution in [1.29, 1.82) is 0 Å². The minimum atomic E-state index is -4.27. The van der Waals surface area contributed by atoms with Crippen LogP contribution in [-0.4, -0.2) is 46.1 Å². The van der Waals surface area contributed by atoms with Crippen molar-refractivity contribution in [3.05, 3.63) is 53.6 Å². The Labute approximate surface area is 201 Å². The highest BCUT2D eigenvalue weighted by Gasteiger charge is 2.25. The number of carbonyl (C=O) groups excluding carboxylic acids is 1. The Bertz CT molecular complexity index is 1400. The number of hydrogen-bond donors (Lipinski definition) is 3. The lowest BCUT2D eigenvalue weighted by atomic mass is 10.1. The Morgan fingerprint density at radius 2 is 1.68 bits per heavy atom. The summed E-state index contributed by atoms with van der Waals surface area (Å²) in [4.78, 5) is 12.2. The van der Waals surface area contributed by atoms with Gasteiger partial charge in [-0.2, -0.15) is 8.42 Å². The number of nitrogens with zero attached hydrogens (tertiary/aromatic N) is 2. The highest BCUT2D eigenvalue weighted by molar-refractivity contribution is 7.94. The summed E-state index contributed by atoms with van der Waals surface area (Å²) in [5.41, 5.74) is 1.26. The monoisotopic (exact) mass is 525 g/mol. The Kier molecular flexibility index (Phi) is 7.55. The van der Waals surface area contributed by atoms with Gasteiger partial charge in [0.05, 0.1) is 17.7 Å². The van der Waals surface area contributed by atoms with E-state index in [1.165, 1.54) is 19.2 Å². The van der Waals surface area contributed by atoms with Gasteiger partial charge in [-0.25, -0.2) is 13.1 Å². The van der Waals surface area contributed by atoms with Crippen molar-refractivity contribution in [2.24, 2.45) is 0 Å². The lowest BCUT2D eigenvalue weighted by molar-refractivity contribution is 0.102. The number of rotatable bonds is 9. The lowest BCUT2D eigenvalue weighted by Crippen LogP contribution is -2.30. The van der Waals surface area contributed by atoms with E-state index in [1.54, 1.807) is 38.1 Å². The molecule has 0 atom stereocenters. The number of nitrogens with one attached hydrogen (secondary N) is 3. The fraction of sp³-hybridized carbons (Fsp3) is 0.250. The predicted molar refractivity (Wildman–Crippen MR) is 128 cm³/mol. The van der Waals surface area contributed by atoms with Gasteiger partial charge in [0.25, 0.3) is 20.3 Å². The van der Waals surface area contributed by atoms with Gasteiger partial charge in [-0.3, -0.25) is 14.8 Å². The number of benzene rings is 2. The molecule has 14 heteroatoms. The van der Waals surface area contributed by atoms with E-state index in [9.17, 15) is 21.6 Å². The molecular formula is C20H23N5O6S3. The Hall–Kier alpha value is -3.07. The lowest BCUT2D eigenvalue weighted by Gasteiger charge is -2.14. The molecule has 0 aliphatic carbocycles. The van der Waals surface area contributed by atoms with Crippen LogP contribution in [0.1, 0.15) is 29.8 Å². The number of sulfonamides is 2. The summed E-state index contributed by atoms with van der Waals surface area (Å²) in [6, 6.07) is 10.2. The molecule has 0 fully saturated rings. The van der Waals surface area contributed by atoms with Crippen LogP contribution < -0.4 is 19.5 Å². The van der Waals surface area contributed by atoms with E-state index >= 15 is 0 Å². The average molecular weight is 526 g/mol. The van der Waals surface area contributed by atoms with Crippen LogP contribution in [0.3, 0.4) is 0 Å². The molecule has 3 aromatic rings. The van der Waals surface area contributed by atoms with Gasteiger partial charge in [0.15, 0.2) is 0 Å². The van der Waals surface area contributed by atoms with Gasteiger partial charge in [-0.05, 0) is 51.1 Å². The molecule has 2 aromatic carbocycles. The van der Waals surface area contributed by atoms with E-state index in [4.69, 9.17) is 4.74 Å². The zero-order chi connectivity index (χ0) is 25.1. The summed E-state index contributed by atoms with van der Waals surface area (Å²) < 4.78 is 60.2. The quantitative estimate of drug-likeness (QED) is 0.360. The first-order valence-corrected chi connectivity index (χ1v) is 13.6. The summed E-state index contributed by atoms with van der Waals surface area (Å²) >= 11 is 0.641. The van der Waals surface area contributed by atoms with Crippen LogP contribution in [0.15, 0.2) is 51.7 Å². The number of anilines is 2. The molecule has 0 unspecified atom stereocenters. The van der Waals surface area contributed by atoms with Crippen LogP contribution in [0.2, 0.25) is 0 Å². The van der Waals surface area contributed by atoms with Crippen LogP contribution in [-0.2, 0) is 20.0 Å². The third kappa shape index (κ3) is 6.08. The van der Waals surface area contributed by atoms with Gasteiger partial charge in [0, 0.05) is 11.6 Å². The summed E-state index contributed by atoms with van der Waals surface area (Å²) in [6.07, 6.45) is 0. The smallest absolute Gasteiger partial charge is 0.291 e. The molecule has 1 heterocycles. The van der Waals surface area contributed by atoms with Gasteiger partial charge in [0.2, 0.25) is 15.2 Å². The normalized spacial score (nSPS) is 11.9. The molecule has 0 bridgehead atoms. The molecule has 3 N–H and O–H groups in total. The van der Waals surface area contributed by atoms with Gasteiger partial charge in [0.1, 0.15) is 5.75 Å². The third-order valence-corrected chi connectivity index (χ3v) is 8.51. The second kappa shape index (κ2) is 10.0. The molecular weight excluding hydrogens is 502 g/mol. The number of aromatic nitrogens is 2. The van der Waals surface area contributed by atoms with Crippen molar-refractivity contribution in [3.63, 3.8) is 0 Å². The van der Waals surface area contributed by atoms with Crippen molar-refractivity contribution >= 4 is 48.1 Å². The fourth-order valence-corrected chi connectivity index (χ4v) is 5.98. The van der Waals surface area contributed by atoms with Gasteiger partial charge in [-0.1, -0.05) is 29.0 Å².